The smallest absolute Gasteiger partial charge is 0.117 e. The van der Waals surface area contributed by atoms with Gasteiger partial charge in [0.05, 0.1) is 12.1 Å². The fourth-order valence-electron chi connectivity index (χ4n) is 2.60. The predicted octanol–water partition coefficient (Wildman–Crippen LogP) is 1.81. The Balaban J connectivity index is 1.75. The van der Waals surface area contributed by atoms with Crippen molar-refractivity contribution in [2.75, 3.05) is 27.2 Å². The van der Waals surface area contributed by atoms with Crippen molar-refractivity contribution in [2.45, 2.75) is 38.3 Å². The third-order valence-corrected chi connectivity index (χ3v) is 3.62. The second-order valence-corrected chi connectivity index (χ2v) is 6.46. The lowest BCUT2D eigenvalue weighted by Crippen LogP contribution is -2.45. The van der Waals surface area contributed by atoms with E-state index in [1.54, 1.807) is 0 Å². The molecule has 0 spiro atoms. The van der Waals surface area contributed by atoms with Crippen LogP contribution in [0.15, 0.2) is 16.5 Å². The van der Waals surface area contributed by atoms with Crippen LogP contribution in [0.1, 0.15) is 37.7 Å². The number of aliphatic hydroxyl groups is 1. The van der Waals surface area contributed by atoms with Crippen molar-refractivity contribution < 1.29 is 9.52 Å². The molecule has 0 aromatic carbocycles. The lowest BCUT2D eigenvalue weighted by Gasteiger charge is -2.27. The third kappa shape index (κ3) is 4.34. The molecule has 1 aliphatic carbocycles. The number of likely N-dealkylation sites (N-methyl/N-ethyl adjacent to an activating group) is 1. The van der Waals surface area contributed by atoms with Crippen molar-refractivity contribution in [1.29, 1.82) is 0 Å². The fourth-order valence-corrected chi connectivity index (χ4v) is 2.60. The van der Waals surface area contributed by atoms with Crippen LogP contribution in [-0.2, 0) is 6.54 Å². The molecule has 0 amide bonds. The van der Waals surface area contributed by atoms with Crippen LogP contribution in [0, 0.1) is 5.92 Å². The monoisotopic (exact) mass is 266 g/mol. The molecule has 1 fully saturated rings. The van der Waals surface area contributed by atoms with Crippen molar-refractivity contribution in [2.24, 2.45) is 5.92 Å². The van der Waals surface area contributed by atoms with E-state index in [4.69, 9.17) is 4.42 Å². The van der Waals surface area contributed by atoms with E-state index in [1.807, 2.05) is 32.0 Å². The number of rotatable bonds is 7. The number of hydrogen-bond donors (Lipinski definition) is 2. The summed E-state index contributed by atoms with van der Waals surface area (Å²) in [5.41, 5.74) is -0.718. The molecule has 0 radical (unpaired) electrons. The predicted molar refractivity (Wildman–Crippen MR) is 76.1 cm³/mol. The zero-order valence-corrected chi connectivity index (χ0v) is 12.4. The van der Waals surface area contributed by atoms with Gasteiger partial charge in [0.15, 0.2) is 0 Å². The molecule has 4 nitrogen and oxygen atoms in total. The van der Waals surface area contributed by atoms with Gasteiger partial charge >= 0.3 is 0 Å². The topological polar surface area (TPSA) is 48.6 Å². The number of nitrogens with zero attached hydrogens (tertiary/aromatic N) is 1. The van der Waals surface area contributed by atoms with Crippen LogP contribution < -0.4 is 5.32 Å². The van der Waals surface area contributed by atoms with Gasteiger partial charge in [0.1, 0.15) is 11.5 Å². The molecule has 3 atom stereocenters. The van der Waals surface area contributed by atoms with Crippen LogP contribution in [0.4, 0.5) is 0 Å². The van der Waals surface area contributed by atoms with E-state index in [-0.39, 0.29) is 0 Å². The number of nitrogens with one attached hydrogen (secondary N) is 1. The molecular weight excluding hydrogens is 240 g/mol. The van der Waals surface area contributed by atoms with Crippen LogP contribution in [0.2, 0.25) is 0 Å². The second-order valence-electron chi connectivity index (χ2n) is 6.46. The van der Waals surface area contributed by atoms with Crippen LogP contribution in [0.25, 0.3) is 0 Å². The molecular formula is C15H26N2O2. The Morgan fingerprint density at radius 3 is 2.74 bits per heavy atom. The second kappa shape index (κ2) is 5.65. The third-order valence-electron chi connectivity index (χ3n) is 3.62. The van der Waals surface area contributed by atoms with Crippen LogP contribution in [0.5, 0.6) is 0 Å². The zero-order valence-electron chi connectivity index (χ0n) is 12.4. The lowest BCUT2D eigenvalue weighted by atomic mass is 10.1. The van der Waals surface area contributed by atoms with Crippen molar-refractivity contribution in [3.63, 3.8) is 0 Å². The first kappa shape index (κ1) is 14.6. The zero-order chi connectivity index (χ0) is 14.0. The summed E-state index contributed by atoms with van der Waals surface area (Å²) in [7, 11) is 3.92. The van der Waals surface area contributed by atoms with Crippen LogP contribution >= 0.6 is 0 Å². The molecule has 1 aromatic heterocycles. The Morgan fingerprint density at radius 2 is 2.16 bits per heavy atom. The van der Waals surface area contributed by atoms with Gasteiger partial charge in [-0.2, -0.15) is 0 Å². The van der Waals surface area contributed by atoms with E-state index in [2.05, 4.69) is 18.3 Å². The van der Waals surface area contributed by atoms with Gasteiger partial charge in [0.25, 0.3) is 0 Å². The molecule has 1 heterocycles. The average molecular weight is 266 g/mol. The molecule has 0 aliphatic heterocycles. The maximum atomic E-state index is 10.2. The summed E-state index contributed by atoms with van der Waals surface area (Å²) in [6, 6.07) is 4.12. The summed E-state index contributed by atoms with van der Waals surface area (Å²) in [6.45, 7) is 5.97. The van der Waals surface area contributed by atoms with E-state index >= 15 is 0 Å². The Morgan fingerprint density at radius 1 is 1.47 bits per heavy atom. The largest absolute Gasteiger partial charge is 0.464 e. The van der Waals surface area contributed by atoms with Gasteiger partial charge in [-0.1, -0.05) is 6.92 Å². The SMILES string of the molecule is CC1CC1c1ccc(CNCC(C)(O)CN(C)C)o1. The summed E-state index contributed by atoms with van der Waals surface area (Å²) in [6.07, 6.45) is 1.25. The molecule has 0 saturated heterocycles. The normalized spacial score (nSPS) is 25.6. The van der Waals surface area contributed by atoms with Crippen molar-refractivity contribution in [3.8, 4) is 0 Å². The maximum absolute atomic E-state index is 10.2. The average Bonchev–Trinajstić information content (AvgIpc) is 2.83. The van der Waals surface area contributed by atoms with Crippen molar-refractivity contribution in [3.05, 3.63) is 23.7 Å². The first-order valence-electron chi connectivity index (χ1n) is 7.04. The summed E-state index contributed by atoms with van der Waals surface area (Å²) in [4.78, 5) is 1.99. The van der Waals surface area contributed by atoms with Gasteiger partial charge in [-0.05, 0) is 45.5 Å². The molecule has 2 rings (SSSR count). The minimum atomic E-state index is -0.718. The molecule has 19 heavy (non-hydrogen) atoms. The van der Waals surface area contributed by atoms with E-state index in [0.717, 1.165) is 17.4 Å². The standard InChI is InChI=1S/C15H26N2O2/c1-11-7-13(11)14-6-5-12(19-14)8-16-9-15(2,18)10-17(3)4/h5-6,11,13,16,18H,7-10H2,1-4H3. The van der Waals surface area contributed by atoms with Gasteiger partial charge < -0.3 is 19.7 Å². The van der Waals surface area contributed by atoms with Gasteiger partial charge in [-0.15, -0.1) is 0 Å². The quantitative estimate of drug-likeness (QED) is 0.790. The highest BCUT2D eigenvalue weighted by atomic mass is 16.3. The highest BCUT2D eigenvalue weighted by molar-refractivity contribution is 5.17. The Labute approximate surface area is 115 Å². The van der Waals surface area contributed by atoms with Crippen molar-refractivity contribution >= 4 is 0 Å². The molecule has 108 valence electrons. The first-order chi connectivity index (χ1) is 8.87. The van der Waals surface area contributed by atoms with Gasteiger partial charge in [-0.3, -0.25) is 0 Å². The summed E-state index contributed by atoms with van der Waals surface area (Å²) in [5.74, 6) is 3.47. The van der Waals surface area contributed by atoms with E-state index in [1.165, 1.54) is 6.42 Å². The van der Waals surface area contributed by atoms with Gasteiger partial charge in [0, 0.05) is 19.0 Å². The highest BCUT2D eigenvalue weighted by Crippen LogP contribution is 2.47. The molecule has 2 N–H and O–H groups in total. The minimum Gasteiger partial charge on any atom is -0.464 e. The first-order valence-corrected chi connectivity index (χ1v) is 7.04. The molecule has 1 saturated carbocycles. The Bertz CT molecular complexity index is 412. The highest BCUT2D eigenvalue weighted by Gasteiger charge is 2.36. The summed E-state index contributed by atoms with van der Waals surface area (Å²) < 4.78 is 5.82. The number of furan rings is 1. The van der Waals surface area contributed by atoms with Crippen molar-refractivity contribution in [1.82, 2.24) is 10.2 Å². The molecule has 4 heteroatoms. The fraction of sp³-hybridized carbons (Fsp3) is 0.733. The maximum Gasteiger partial charge on any atom is 0.117 e. The van der Waals surface area contributed by atoms with Gasteiger partial charge in [0.2, 0.25) is 0 Å². The van der Waals surface area contributed by atoms with E-state index < -0.39 is 5.60 Å². The van der Waals surface area contributed by atoms with Crippen LogP contribution in [0.3, 0.4) is 0 Å². The summed E-state index contributed by atoms with van der Waals surface area (Å²) in [5, 5.41) is 13.4. The molecule has 1 aromatic rings. The Hall–Kier alpha value is -0.840. The molecule has 0 bridgehead atoms. The molecule has 3 unspecified atom stereocenters. The molecule has 1 aliphatic rings. The van der Waals surface area contributed by atoms with Crippen LogP contribution in [-0.4, -0.2) is 42.8 Å². The van der Waals surface area contributed by atoms with Gasteiger partial charge in [-0.25, -0.2) is 0 Å². The van der Waals surface area contributed by atoms with E-state index in [0.29, 0.717) is 25.6 Å². The number of hydrogen-bond acceptors (Lipinski definition) is 4. The minimum absolute atomic E-state index is 0.557. The lowest BCUT2D eigenvalue weighted by molar-refractivity contribution is 0.0332. The summed E-state index contributed by atoms with van der Waals surface area (Å²) >= 11 is 0. The Kier molecular flexibility index (Phi) is 4.33. The van der Waals surface area contributed by atoms with E-state index in [9.17, 15) is 5.11 Å².